The molecule has 1 N–H and O–H groups in total. The third-order valence-corrected chi connectivity index (χ3v) is 3.01. The van der Waals surface area contributed by atoms with Crippen LogP contribution in [0.4, 0.5) is 0 Å². The van der Waals surface area contributed by atoms with Gasteiger partial charge in [-0.3, -0.25) is 0 Å². The van der Waals surface area contributed by atoms with Crippen LogP contribution < -0.4 is 5.32 Å². The van der Waals surface area contributed by atoms with Crippen molar-refractivity contribution in [3.63, 3.8) is 0 Å². The zero-order valence-corrected chi connectivity index (χ0v) is 11.5. The standard InChI is InChI=1S/C12H13BrClNO/c1-7(2)15-6-10-4-8-3-9(13)5-11(14)12(8)16-10/h3-5,7,15H,6H2,1-2H3. The van der Waals surface area contributed by atoms with Gasteiger partial charge < -0.3 is 9.73 Å². The van der Waals surface area contributed by atoms with Gasteiger partial charge in [-0.2, -0.15) is 0 Å². The Kier molecular flexibility index (Phi) is 3.57. The van der Waals surface area contributed by atoms with Gasteiger partial charge in [-0.15, -0.1) is 0 Å². The lowest BCUT2D eigenvalue weighted by Crippen LogP contribution is -2.21. The second-order valence-corrected chi connectivity index (χ2v) is 5.38. The van der Waals surface area contributed by atoms with Crippen LogP contribution in [0.5, 0.6) is 0 Å². The number of benzene rings is 1. The zero-order valence-electron chi connectivity index (χ0n) is 9.18. The summed E-state index contributed by atoms with van der Waals surface area (Å²) < 4.78 is 6.66. The van der Waals surface area contributed by atoms with Crippen molar-refractivity contribution in [3.8, 4) is 0 Å². The molecule has 2 nitrogen and oxygen atoms in total. The van der Waals surface area contributed by atoms with Crippen molar-refractivity contribution in [2.75, 3.05) is 0 Å². The Morgan fingerprint density at radius 1 is 1.38 bits per heavy atom. The Morgan fingerprint density at radius 3 is 2.81 bits per heavy atom. The third-order valence-electron chi connectivity index (χ3n) is 2.27. The third kappa shape index (κ3) is 2.59. The van der Waals surface area contributed by atoms with E-state index in [0.717, 1.165) is 27.7 Å². The van der Waals surface area contributed by atoms with Gasteiger partial charge in [-0.1, -0.05) is 41.4 Å². The van der Waals surface area contributed by atoms with Crippen LogP contribution in [0.15, 0.2) is 27.1 Å². The van der Waals surface area contributed by atoms with Gasteiger partial charge in [0.1, 0.15) is 5.76 Å². The van der Waals surface area contributed by atoms with E-state index in [1.54, 1.807) is 0 Å². The van der Waals surface area contributed by atoms with Gasteiger partial charge in [0.25, 0.3) is 0 Å². The first-order valence-electron chi connectivity index (χ1n) is 5.17. The van der Waals surface area contributed by atoms with Crippen molar-refractivity contribution in [3.05, 3.63) is 33.5 Å². The van der Waals surface area contributed by atoms with Crippen LogP contribution in [0, 0.1) is 0 Å². The van der Waals surface area contributed by atoms with E-state index < -0.39 is 0 Å². The summed E-state index contributed by atoms with van der Waals surface area (Å²) in [5.74, 6) is 0.906. The average molecular weight is 303 g/mol. The van der Waals surface area contributed by atoms with E-state index in [1.807, 2.05) is 18.2 Å². The van der Waals surface area contributed by atoms with Crippen molar-refractivity contribution in [2.45, 2.75) is 26.4 Å². The van der Waals surface area contributed by atoms with E-state index >= 15 is 0 Å². The maximum atomic E-state index is 6.09. The maximum absolute atomic E-state index is 6.09. The normalized spacial score (nSPS) is 11.6. The largest absolute Gasteiger partial charge is 0.458 e. The molecule has 0 saturated heterocycles. The van der Waals surface area contributed by atoms with Crippen LogP contribution in [-0.4, -0.2) is 6.04 Å². The highest BCUT2D eigenvalue weighted by Gasteiger charge is 2.08. The number of hydrogen-bond donors (Lipinski definition) is 1. The van der Waals surface area contributed by atoms with Crippen molar-refractivity contribution in [1.82, 2.24) is 5.32 Å². The molecule has 0 amide bonds. The maximum Gasteiger partial charge on any atom is 0.153 e. The molecule has 0 aliphatic carbocycles. The number of rotatable bonds is 3. The predicted molar refractivity (Wildman–Crippen MR) is 70.9 cm³/mol. The monoisotopic (exact) mass is 301 g/mol. The minimum atomic E-state index is 0.440. The molecule has 0 atom stereocenters. The van der Waals surface area contributed by atoms with Crippen molar-refractivity contribution >= 4 is 38.5 Å². The van der Waals surface area contributed by atoms with Crippen LogP contribution in [0.3, 0.4) is 0 Å². The molecular formula is C12H13BrClNO. The fraction of sp³-hybridized carbons (Fsp3) is 0.333. The van der Waals surface area contributed by atoms with Crippen LogP contribution in [-0.2, 0) is 6.54 Å². The molecule has 0 aliphatic heterocycles. The summed E-state index contributed by atoms with van der Waals surface area (Å²) in [5.41, 5.74) is 0.755. The fourth-order valence-electron chi connectivity index (χ4n) is 1.52. The number of furan rings is 1. The molecule has 16 heavy (non-hydrogen) atoms. The predicted octanol–water partition coefficient (Wildman–Crippen LogP) is 4.35. The first kappa shape index (κ1) is 12.0. The molecule has 1 heterocycles. The van der Waals surface area contributed by atoms with Crippen LogP contribution >= 0.6 is 27.5 Å². The molecule has 0 aliphatic rings. The lowest BCUT2D eigenvalue weighted by Gasteiger charge is -2.04. The summed E-state index contributed by atoms with van der Waals surface area (Å²) in [5, 5.41) is 4.98. The molecule has 0 radical (unpaired) electrons. The Morgan fingerprint density at radius 2 is 2.12 bits per heavy atom. The van der Waals surface area contributed by atoms with Crippen LogP contribution in [0.25, 0.3) is 11.0 Å². The second-order valence-electron chi connectivity index (χ2n) is 4.05. The molecule has 2 rings (SSSR count). The van der Waals surface area contributed by atoms with Gasteiger partial charge in [0, 0.05) is 15.9 Å². The molecular weight excluding hydrogens is 289 g/mol. The van der Waals surface area contributed by atoms with Gasteiger partial charge in [0.15, 0.2) is 5.58 Å². The van der Waals surface area contributed by atoms with Gasteiger partial charge >= 0.3 is 0 Å². The van der Waals surface area contributed by atoms with E-state index in [4.69, 9.17) is 16.0 Å². The first-order chi connectivity index (χ1) is 7.56. The molecule has 0 saturated carbocycles. The highest BCUT2D eigenvalue weighted by atomic mass is 79.9. The summed E-state index contributed by atoms with van der Waals surface area (Å²) in [6.07, 6.45) is 0. The summed E-state index contributed by atoms with van der Waals surface area (Å²) >= 11 is 9.51. The number of hydrogen-bond acceptors (Lipinski definition) is 2. The summed E-state index contributed by atoms with van der Waals surface area (Å²) in [6, 6.07) is 6.30. The molecule has 2 aromatic rings. The van der Waals surface area contributed by atoms with E-state index in [1.165, 1.54) is 0 Å². The van der Waals surface area contributed by atoms with Crippen LogP contribution in [0.2, 0.25) is 5.02 Å². The van der Waals surface area contributed by atoms with Crippen LogP contribution in [0.1, 0.15) is 19.6 Å². The summed E-state index contributed by atoms with van der Waals surface area (Å²) in [4.78, 5) is 0. The van der Waals surface area contributed by atoms with Crippen molar-refractivity contribution in [1.29, 1.82) is 0 Å². The van der Waals surface area contributed by atoms with Crippen molar-refractivity contribution < 1.29 is 4.42 Å². The Bertz CT molecular complexity index is 507. The molecule has 4 heteroatoms. The topological polar surface area (TPSA) is 25.2 Å². The molecule has 0 unspecified atom stereocenters. The molecule has 1 aromatic heterocycles. The molecule has 0 fully saturated rings. The zero-order chi connectivity index (χ0) is 11.7. The lowest BCUT2D eigenvalue weighted by molar-refractivity contribution is 0.488. The van der Waals surface area contributed by atoms with E-state index in [9.17, 15) is 0 Å². The smallest absolute Gasteiger partial charge is 0.153 e. The SMILES string of the molecule is CC(C)NCc1cc2cc(Br)cc(Cl)c2o1. The second kappa shape index (κ2) is 4.78. The van der Waals surface area contributed by atoms with E-state index in [0.29, 0.717) is 11.1 Å². The summed E-state index contributed by atoms with van der Waals surface area (Å²) in [6.45, 7) is 4.93. The quantitative estimate of drug-likeness (QED) is 0.912. The minimum Gasteiger partial charge on any atom is -0.458 e. The van der Waals surface area contributed by atoms with E-state index in [2.05, 4.69) is 35.1 Å². The Hall–Kier alpha value is -0.510. The molecule has 0 spiro atoms. The van der Waals surface area contributed by atoms with Gasteiger partial charge in [-0.05, 0) is 18.2 Å². The van der Waals surface area contributed by atoms with E-state index in [-0.39, 0.29) is 0 Å². The first-order valence-corrected chi connectivity index (χ1v) is 6.34. The Labute approximate surface area is 108 Å². The Balaban J connectivity index is 2.33. The highest BCUT2D eigenvalue weighted by Crippen LogP contribution is 2.30. The number of fused-ring (bicyclic) bond motifs is 1. The minimum absolute atomic E-state index is 0.440. The average Bonchev–Trinajstić information content (AvgIpc) is 2.57. The fourth-order valence-corrected chi connectivity index (χ4v) is 2.39. The molecule has 0 bridgehead atoms. The van der Waals surface area contributed by atoms with Crippen molar-refractivity contribution in [2.24, 2.45) is 0 Å². The summed E-state index contributed by atoms with van der Waals surface area (Å²) in [7, 11) is 0. The number of nitrogens with one attached hydrogen (secondary N) is 1. The molecule has 86 valence electrons. The molecule has 1 aromatic carbocycles. The van der Waals surface area contributed by atoms with Gasteiger partial charge in [0.05, 0.1) is 11.6 Å². The van der Waals surface area contributed by atoms with Gasteiger partial charge in [-0.25, -0.2) is 0 Å². The highest BCUT2D eigenvalue weighted by molar-refractivity contribution is 9.10. The van der Waals surface area contributed by atoms with Gasteiger partial charge in [0.2, 0.25) is 0 Å². The number of halogens is 2. The lowest BCUT2D eigenvalue weighted by atomic mass is 10.2.